The van der Waals surface area contributed by atoms with Gasteiger partial charge in [0, 0.05) is 18.1 Å². The van der Waals surface area contributed by atoms with Crippen molar-refractivity contribution in [2.75, 3.05) is 13.6 Å². The number of rotatable bonds is 4. The molecule has 1 aromatic carbocycles. The van der Waals surface area contributed by atoms with Crippen molar-refractivity contribution in [3.05, 3.63) is 33.8 Å². The number of aryl methyl sites for hydroxylation is 1. The summed E-state index contributed by atoms with van der Waals surface area (Å²) >= 11 is 3.45. The molecular weight excluding hydrogens is 304 g/mol. The van der Waals surface area contributed by atoms with Gasteiger partial charge < -0.3 is 4.90 Å². The maximum Gasteiger partial charge on any atom is 0.242 e. The Morgan fingerprint density at radius 1 is 1.47 bits per heavy atom. The molecule has 0 aliphatic heterocycles. The zero-order valence-electron chi connectivity index (χ0n) is 11.8. The predicted octanol–water partition coefficient (Wildman–Crippen LogP) is 3.31. The first-order chi connectivity index (χ1) is 8.77. The highest BCUT2D eigenvalue weighted by molar-refractivity contribution is 9.10. The fraction of sp³-hybridized carbons (Fsp3) is 0.467. The monoisotopic (exact) mass is 322 g/mol. The van der Waals surface area contributed by atoms with Crippen LogP contribution in [0.5, 0.6) is 0 Å². The number of nitriles is 1. The lowest BCUT2D eigenvalue weighted by atomic mass is 9.94. The molecule has 0 aromatic heterocycles. The van der Waals surface area contributed by atoms with Crippen molar-refractivity contribution in [1.82, 2.24) is 4.90 Å². The van der Waals surface area contributed by atoms with Crippen LogP contribution in [0.3, 0.4) is 0 Å². The third-order valence-electron chi connectivity index (χ3n) is 3.19. The lowest BCUT2D eigenvalue weighted by Crippen LogP contribution is -2.38. The molecule has 0 aliphatic rings. The van der Waals surface area contributed by atoms with Gasteiger partial charge in [0.05, 0.1) is 6.07 Å². The SMILES string of the molecule is Cc1ccc(Br)cc1CCN(C)C(=O)C(C)(C)C#N. The molecule has 0 saturated carbocycles. The molecule has 0 aliphatic carbocycles. The Bertz CT molecular complexity index is 517. The summed E-state index contributed by atoms with van der Waals surface area (Å²) in [6.07, 6.45) is 0.787. The summed E-state index contributed by atoms with van der Waals surface area (Å²) < 4.78 is 1.04. The van der Waals surface area contributed by atoms with Crippen molar-refractivity contribution < 1.29 is 4.79 Å². The van der Waals surface area contributed by atoms with Gasteiger partial charge in [0.1, 0.15) is 5.41 Å². The number of halogens is 1. The summed E-state index contributed by atoms with van der Waals surface area (Å²) in [6.45, 7) is 5.97. The second kappa shape index (κ2) is 6.21. The van der Waals surface area contributed by atoms with E-state index in [0.717, 1.165) is 10.9 Å². The molecule has 0 fully saturated rings. The molecular formula is C15H19BrN2O. The quantitative estimate of drug-likeness (QED) is 0.853. The number of carbonyl (C=O) groups is 1. The minimum Gasteiger partial charge on any atom is -0.344 e. The van der Waals surface area contributed by atoms with Crippen molar-refractivity contribution in [3.8, 4) is 6.07 Å². The Kier molecular flexibility index (Phi) is 5.13. The van der Waals surface area contributed by atoms with Gasteiger partial charge in [-0.25, -0.2) is 0 Å². The van der Waals surface area contributed by atoms with Gasteiger partial charge in [0.2, 0.25) is 5.91 Å². The number of benzene rings is 1. The molecule has 0 unspecified atom stereocenters. The minimum absolute atomic E-state index is 0.136. The predicted molar refractivity (Wildman–Crippen MR) is 79.6 cm³/mol. The Balaban J connectivity index is 2.70. The van der Waals surface area contributed by atoms with E-state index in [-0.39, 0.29) is 5.91 Å². The van der Waals surface area contributed by atoms with Gasteiger partial charge in [-0.05, 0) is 50.5 Å². The number of carbonyl (C=O) groups excluding carboxylic acids is 1. The summed E-state index contributed by atoms with van der Waals surface area (Å²) in [6, 6.07) is 8.18. The highest BCUT2D eigenvalue weighted by atomic mass is 79.9. The van der Waals surface area contributed by atoms with Crippen LogP contribution in [-0.4, -0.2) is 24.4 Å². The smallest absolute Gasteiger partial charge is 0.242 e. The van der Waals surface area contributed by atoms with Crippen molar-refractivity contribution >= 4 is 21.8 Å². The molecule has 102 valence electrons. The van der Waals surface area contributed by atoms with Crippen LogP contribution in [0, 0.1) is 23.7 Å². The molecule has 0 bridgehead atoms. The minimum atomic E-state index is -0.957. The van der Waals surface area contributed by atoms with Crippen molar-refractivity contribution in [1.29, 1.82) is 5.26 Å². The molecule has 0 radical (unpaired) electrons. The summed E-state index contributed by atoms with van der Waals surface area (Å²) in [5, 5.41) is 8.98. The standard InChI is InChI=1S/C15H19BrN2O/c1-11-5-6-13(16)9-12(11)7-8-18(4)14(19)15(2,3)10-17/h5-6,9H,7-8H2,1-4H3. The molecule has 1 amide bonds. The normalized spacial score (nSPS) is 10.9. The van der Waals surface area contributed by atoms with Crippen LogP contribution in [0.4, 0.5) is 0 Å². The Hall–Kier alpha value is -1.34. The van der Waals surface area contributed by atoms with Crippen molar-refractivity contribution in [2.45, 2.75) is 27.2 Å². The molecule has 0 heterocycles. The van der Waals surface area contributed by atoms with E-state index in [2.05, 4.69) is 35.0 Å². The van der Waals surface area contributed by atoms with Crippen molar-refractivity contribution in [2.24, 2.45) is 5.41 Å². The molecule has 19 heavy (non-hydrogen) atoms. The highest BCUT2D eigenvalue weighted by Crippen LogP contribution is 2.19. The second-order valence-electron chi connectivity index (χ2n) is 5.28. The maximum absolute atomic E-state index is 12.1. The van der Waals surface area contributed by atoms with Gasteiger partial charge in [-0.1, -0.05) is 22.0 Å². The zero-order chi connectivity index (χ0) is 14.6. The Morgan fingerprint density at radius 2 is 2.11 bits per heavy atom. The fourth-order valence-electron chi connectivity index (χ4n) is 1.82. The molecule has 0 N–H and O–H groups in total. The van der Waals surface area contributed by atoms with E-state index in [1.807, 2.05) is 12.1 Å². The number of amides is 1. The first-order valence-electron chi connectivity index (χ1n) is 6.20. The molecule has 4 heteroatoms. The summed E-state index contributed by atoms with van der Waals surface area (Å²) in [4.78, 5) is 13.7. The van der Waals surface area contributed by atoms with Gasteiger partial charge in [-0.15, -0.1) is 0 Å². The summed E-state index contributed by atoms with van der Waals surface area (Å²) in [5.41, 5.74) is 1.47. The third kappa shape index (κ3) is 4.07. The average Bonchev–Trinajstić information content (AvgIpc) is 2.38. The van der Waals surface area contributed by atoms with E-state index in [1.165, 1.54) is 11.1 Å². The average molecular weight is 323 g/mol. The maximum atomic E-state index is 12.1. The van der Waals surface area contributed by atoms with E-state index in [4.69, 9.17) is 5.26 Å². The Labute approximate surface area is 123 Å². The van der Waals surface area contributed by atoms with E-state index < -0.39 is 5.41 Å². The lowest BCUT2D eigenvalue weighted by Gasteiger charge is -2.24. The van der Waals surface area contributed by atoms with E-state index in [0.29, 0.717) is 6.54 Å². The zero-order valence-corrected chi connectivity index (χ0v) is 13.4. The number of nitrogens with zero attached hydrogens (tertiary/aromatic N) is 2. The van der Waals surface area contributed by atoms with Crippen LogP contribution in [0.15, 0.2) is 22.7 Å². The van der Waals surface area contributed by atoms with Gasteiger partial charge >= 0.3 is 0 Å². The van der Waals surface area contributed by atoms with Crippen LogP contribution < -0.4 is 0 Å². The molecule has 3 nitrogen and oxygen atoms in total. The van der Waals surface area contributed by atoms with E-state index in [1.54, 1.807) is 25.8 Å². The molecule has 1 rings (SSSR count). The van der Waals surface area contributed by atoms with E-state index in [9.17, 15) is 4.79 Å². The fourth-order valence-corrected chi connectivity index (χ4v) is 2.23. The van der Waals surface area contributed by atoms with E-state index >= 15 is 0 Å². The first kappa shape index (κ1) is 15.7. The topological polar surface area (TPSA) is 44.1 Å². The van der Waals surface area contributed by atoms with Crippen molar-refractivity contribution in [3.63, 3.8) is 0 Å². The Morgan fingerprint density at radius 3 is 2.68 bits per heavy atom. The van der Waals surface area contributed by atoms with Crippen LogP contribution in [0.2, 0.25) is 0 Å². The molecule has 0 atom stereocenters. The summed E-state index contributed by atoms with van der Waals surface area (Å²) in [5.74, 6) is -0.136. The van der Waals surface area contributed by atoms with Crippen LogP contribution in [-0.2, 0) is 11.2 Å². The number of likely N-dealkylation sites (N-methyl/N-ethyl adjacent to an activating group) is 1. The van der Waals surface area contributed by atoms with Crippen LogP contribution in [0.25, 0.3) is 0 Å². The number of hydrogen-bond donors (Lipinski definition) is 0. The first-order valence-corrected chi connectivity index (χ1v) is 6.99. The lowest BCUT2D eigenvalue weighted by molar-refractivity contribution is -0.136. The number of hydrogen-bond acceptors (Lipinski definition) is 2. The van der Waals surface area contributed by atoms with Gasteiger partial charge in [0.15, 0.2) is 0 Å². The van der Waals surface area contributed by atoms with Gasteiger partial charge in [-0.2, -0.15) is 5.26 Å². The molecule has 1 aromatic rings. The third-order valence-corrected chi connectivity index (χ3v) is 3.68. The van der Waals surface area contributed by atoms with Crippen LogP contribution in [0.1, 0.15) is 25.0 Å². The highest BCUT2D eigenvalue weighted by Gasteiger charge is 2.30. The largest absolute Gasteiger partial charge is 0.344 e. The van der Waals surface area contributed by atoms with Gasteiger partial charge in [0.25, 0.3) is 0 Å². The van der Waals surface area contributed by atoms with Crippen LogP contribution >= 0.6 is 15.9 Å². The summed E-state index contributed by atoms with van der Waals surface area (Å²) in [7, 11) is 1.74. The molecule has 0 saturated heterocycles. The second-order valence-corrected chi connectivity index (χ2v) is 6.20. The molecule has 0 spiro atoms. The van der Waals surface area contributed by atoms with Gasteiger partial charge in [-0.3, -0.25) is 4.79 Å².